The number of aryl methyl sites for hydroxylation is 2. The Labute approximate surface area is 101 Å². The lowest BCUT2D eigenvalue weighted by molar-refractivity contribution is 0.669. The summed E-state index contributed by atoms with van der Waals surface area (Å²) >= 11 is 5.14. The Kier molecular flexibility index (Phi) is 2.95. The van der Waals surface area contributed by atoms with E-state index in [1.807, 2.05) is 30.1 Å². The van der Waals surface area contributed by atoms with Gasteiger partial charge < -0.3 is 5.73 Å². The molecule has 0 aliphatic heterocycles. The molecule has 2 rings (SSSR count). The summed E-state index contributed by atoms with van der Waals surface area (Å²) < 4.78 is 2.91. The fourth-order valence-corrected chi connectivity index (χ4v) is 3.17. The predicted molar refractivity (Wildman–Crippen MR) is 66.0 cm³/mol. The van der Waals surface area contributed by atoms with Crippen LogP contribution in [0.3, 0.4) is 0 Å². The molecule has 0 aromatic carbocycles. The molecule has 0 saturated carbocycles. The molecule has 0 saturated heterocycles. The maximum absolute atomic E-state index is 6.19. The van der Waals surface area contributed by atoms with E-state index in [4.69, 9.17) is 5.73 Å². The molecule has 0 amide bonds. The van der Waals surface area contributed by atoms with E-state index in [9.17, 15) is 0 Å². The lowest BCUT2D eigenvalue weighted by Crippen LogP contribution is -2.15. The van der Waals surface area contributed by atoms with Crippen molar-refractivity contribution in [2.24, 2.45) is 12.8 Å². The number of hydrogen-bond donors (Lipinski definition) is 1. The van der Waals surface area contributed by atoms with Crippen molar-refractivity contribution in [2.75, 3.05) is 0 Å². The first kappa shape index (κ1) is 10.9. The molecule has 5 heteroatoms. The van der Waals surface area contributed by atoms with Crippen molar-refractivity contribution in [1.82, 2.24) is 9.78 Å². The van der Waals surface area contributed by atoms with Gasteiger partial charge in [-0.05, 0) is 39.9 Å². The Morgan fingerprint density at radius 3 is 2.73 bits per heavy atom. The molecule has 2 aromatic heterocycles. The third-order valence-electron chi connectivity index (χ3n) is 2.33. The van der Waals surface area contributed by atoms with E-state index in [1.165, 1.54) is 0 Å². The summed E-state index contributed by atoms with van der Waals surface area (Å²) in [5.74, 6) is 0. The maximum Gasteiger partial charge on any atom is 0.0742 e. The van der Waals surface area contributed by atoms with E-state index >= 15 is 0 Å². The van der Waals surface area contributed by atoms with Crippen LogP contribution in [0.15, 0.2) is 21.3 Å². The summed E-state index contributed by atoms with van der Waals surface area (Å²) in [5, 5.41) is 8.40. The van der Waals surface area contributed by atoms with Crippen LogP contribution < -0.4 is 5.73 Å². The first-order valence-electron chi connectivity index (χ1n) is 4.57. The number of halogens is 1. The Hall–Kier alpha value is -0.650. The van der Waals surface area contributed by atoms with Gasteiger partial charge in [0.05, 0.1) is 17.4 Å². The average Bonchev–Trinajstić information content (AvgIpc) is 2.71. The van der Waals surface area contributed by atoms with Gasteiger partial charge in [-0.3, -0.25) is 4.68 Å². The van der Waals surface area contributed by atoms with E-state index in [-0.39, 0.29) is 6.04 Å². The first-order valence-corrected chi connectivity index (χ1v) is 6.31. The molecule has 1 atom stereocenters. The Balaban J connectivity index is 2.40. The Morgan fingerprint density at radius 1 is 1.53 bits per heavy atom. The van der Waals surface area contributed by atoms with Gasteiger partial charge in [0, 0.05) is 16.9 Å². The van der Waals surface area contributed by atoms with Gasteiger partial charge in [-0.2, -0.15) is 16.4 Å². The van der Waals surface area contributed by atoms with Gasteiger partial charge >= 0.3 is 0 Å². The van der Waals surface area contributed by atoms with Crippen molar-refractivity contribution in [1.29, 1.82) is 0 Å². The van der Waals surface area contributed by atoms with Crippen molar-refractivity contribution in [3.05, 3.63) is 38.3 Å². The molecule has 0 spiro atoms. The van der Waals surface area contributed by atoms with E-state index < -0.39 is 0 Å². The highest BCUT2D eigenvalue weighted by Crippen LogP contribution is 2.29. The average molecular weight is 286 g/mol. The molecule has 2 heterocycles. The van der Waals surface area contributed by atoms with E-state index in [0.717, 1.165) is 21.4 Å². The fraction of sp³-hybridized carbons (Fsp3) is 0.300. The zero-order chi connectivity index (χ0) is 11.0. The summed E-state index contributed by atoms with van der Waals surface area (Å²) in [6.45, 7) is 1.97. The molecule has 0 fully saturated rings. The normalized spacial score (nSPS) is 13.1. The zero-order valence-corrected chi connectivity index (χ0v) is 11.0. The van der Waals surface area contributed by atoms with Crippen LogP contribution >= 0.6 is 27.3 Å². The smallest absolute Gasteiger partial charge is 0.0742 e. The van der Waals surface area contributed by atoms with Gasteiger partial charge in [-0.25, -0.2) is 0 Å². The lowest BCUT2D eigenvalue weighted by Gasteiger charge is -2.10. The third-order valence-corrected chi connectivity index (χ3v) is 4.09. The quantitative estimate of drug-likeness (QED) is 0.922. The Morgan fingerprint density at radius 2 is 2.27 bits per heavy atom. The largest absolute Gasteiger partial charge is 0.319 e. The second kappa shape index (κ2) is 4.08. The van der Waals surface area contributed by atoms with Crippen molar-refractivity contribution < 1.29 is 0 Å². The van der Waals surface area contributed by atoms with E-state index in [0.29, 0.717) is 0 Å². The standard InChI is InChI=1S/C10H12BrN3S/c1-6-3-9(14(2)13-6)10(12)7-4-15-5-8(7)11/h3-5,10H,12H2,1-2H3. The highest BCUT2D eigenvalue weighted by atomic mass is 79.9. The highest BCUT2D eigenvalue weighted by molar-refractivity contribution is 9.10. The molecule has 0 radical (unpaired) electrons. The van der Waals surface area contributed by atoms with Gasteiger partial charge in [-0.15, -0.1) is 0 Å². The molecule has 0 bridgehead atoms. The predicted octanol–water partition coefficient (Wildman–Crippen LogP) is 2.60. The summed E-state index contributed by atoms with van der Waals surface area (Å²) in [4.78, 5) is 0. The maximum atomic E-state index is 6.19. The van der Waals surface area contributed by atoms with Crippen LogP contribution in [0.4, 0.5) is 0 Å². The number of rotatable bonds is 2. The van der Waals surface area contributed by atoms with Crippen LogP contribution in [-0.4, -0.2) is 9.78 Å². The fourth-order valence-electron chi connectivity index (χ4n) is 1.59. The number of hydrogen-bond acceptors (Lipinski definition) is 3. The molecule has 15 heavy (non-hydrogen) atoms. The third kappa shape index (κ3) is 2.00. The van der Waals surface area contributed by atoms with Crippen molar-refractivity contribution >= 4 is 27.3 Å². The topological polar surface area (TPSA) is 43.8 Å². The van der Waals surface area contributed by atoms with Crippen LogP contribution in [0.1, 0.15) is 23.0 Å². The molecular formula is C10H12BrN3S. The molecule has 0 aliphatic rings. The lowest BCUT2D eigenvalue weighted by atomic mass is 10.1. The number of nitrogens with two attached hydrogens (primary N) is 1. The second-order valence-electron chi connectivity index (χ2n) is 3.49. The van der Waals surface area contributed by atoms with Gasteiger partial charge in [-0.1, -0.05) is 0 Å². The van der Waals surface area contributed by atoms with Crippen molar-refractivity contribution in [2.45, 2.75) is 13.0 Å². The van der Waals surface area contributed by atoms with Crippen LogP contribution in [0, 0.1) is 6.92 Å². The minimum atomic E-state index is -0.114. The monoisotopic (exact) mass is 285 g/mol. The molecule has 2 N–H and O–H groups in total. The van der Waals surface area contributed by atoms with E-state index in [2.05, 4.69) is 26.4 Å². The van der Waals surface area contributed by atoms with Crippen LogP contribution in [-0.2, 0) is 7.05 Å². The molecule has 2 aromatic rings. The van der Waals surface area contributed by atoms with Crippen LogP contribution in [0.25, 0.3) is 0 Å². The van der Waals surface area contributed by atoms with Gasteiger partial charge in [0.25, 0.3) is 0 Å². The summed E-state index contributed by atoms with van der Waals surface area (Å²) in [7, 11) is 1.92. The molecule has 1 unspecified atom stereocenters. The number of nitrogens with zero attached hydrogens (tertiary/aromatic N) is 2. The van der Waals surface area contributed by atoms with Crippen molar-refractivity contribution in [3.8, 4) is 0 Å². The van der Waals surface area contributed by atoms with Crippen LogP contribution in [0.2, 0.25) is 0 Å². The highest BCUT2D eigenvalue weighted by Gasteiger charge is 2.16. The summed E-state index contributed by atoms with van der Waals surface area (Å²) in [6.07, 6.45) is 0. The van der Waals surface area contributed by atoms with Gasteiger partial charge in [0.1, 0.15) is 0 Å². The first-order chi connectivity index (χ1) is 7.09. The minimum absolute atomic E-state index is 0.114. The van der Waals surface area contributed by atoms with E-state index in [1.54, 1.807) is 11.3 Å². The minimum Gasteiger partial charge on any atom is -0.319 e. The molecular weight excluding hydrogens is 274 g/mol. The van der Waals surface area contributed by atoms with Gasteiger partial charge in [0.15, 0.2) is 0 Å². The molecule has 0 aliphatic carbocycles. The zero-order valence-electron chi connectivity index (χ0n) is 8.57. The van der Waals surface area contributed by atoms with Gasteiger partial charge in [0.2, 0.25) is 0 Å². The number of aromatic nitrogens is 2. The van der Waals surface area contributed by atoms with Crippen LogP contribution in [0.5, 0.6) is 0 Å². The number of thiophene rings is 1. The summed E-state index contributed by atoms with van der Waals surface area (Å²) in [6, 6.07) is 1.91. The molecule has 3 nitrogen and oxygen atoms in total. The SMILES string of the molecule is Cc1cc(C(N)c2cscc2Br)n(C)n1. The second-order valence-corrected chi connectivity index (χ2v) is 5.08. The summed E-state index contributed by atoms with van der Waals surface area (Å²) in [5.41, 5.74) is 9.33. The Bertz CT molecular complexity index is 475. The van der Waals surface area contributed by atoms with Crippen molar-refractivity contribution in [3.63, 3.8) is 0 Å². The molecule has 80 valence electrons.